The molecular formula is C16H17N5O. The van der Waals surface area contributed by atoms with Crippen LogP contribution in [0.5, 0.6) is 0 Å². The second kappa shape index (κ2) is 4.98. The van der Waals surface area contributed by atoms with Crippen molar-refractivity contribution in [2.45, 2.75) is 12.8 Å². The van der Waals surface area contributed by atoms with Gasteiger partial charge in [-0.1, -0.05) is 12.1 Å². The second-order valence-electron chi connectivity index (χ2n) is 5.59. The maximum atomic E-state index is 12.5. The fourth-order valence-corrected chi connectivity index (χ4v) is 3.05. The van der Waals surface area contributed by atoms with Gasteiger partial charge in [-0.05, 0) is 25.0 Å². The molecule has 0 aliphatic carbocycles. The molecule has 112 valence electrons. The Hall–Kier alpha value is -2.63. The lowest BCUT2D eigenvalue weighted by Crippen LogP contribution is -2.23. The quantitative estimate of drug-likeness (QED) is 0.722. The summed E-state index contributed by atoms with van der Waals surface area (Å²) in [5.41, 5.74) is 1.63. The maximum Gasteiger partial charge on any atom is 0.334 e. The summed E-state index contributed by atoms with van der Waals surface area (Å²) in [6.45, 7) is 2.06. The van der Waals surface area contributed by atoms with Crippen molar-refractivity contribution in [3.8, 4) is 5.82 Å². The van der Waals surface area contributed by atoms with Crippen LogP contribution in [-0.2, 0) is 7.05 Å². The van der Waals surface area contributed by atoms with E-state index in [2.05, 4.69) is 14.9 Å². The van der Waals surface area contributed by atoms with Crippen molar-refractivity contribution in [1.29, 1.82) is 0 Å². The molecule has 6 heteroatoms. The highest BCUT2D eigenvalue weighted by Gasteiger charge is 2.16. The van der Waals surface area contributed by atoms with E-state index in [4.69, 9.17) is 0 Å². The van der Waals surface area contributed by atoms with Crippen LogP contribution in [0.4, 0.5) is 5.82 Å². The van der Waals surface area contributed by atoms with Crippen LogP contribution in [0.2, 0.25) is 0 Å². The lowest BCUT2D eigenvalue weighted by Gasteiger charge is -2.15. The molecule has 3 heterocycles. The van der Waals surface area contributed by atoms with E-state index in [1.54, 1.807) is 28.6 Å². The first-order chi connectivity index (χ1) is 10.8. The van der Waals surface area contributed by atoms with Gasteiger partial charge in [0.2, 0.25) is 0 Å². The highest BCUT2D eigenvalue weighted by molar-refractivity contribution is 5.77. The molecule has 0 radical (unpaired) electrons. The number of anilines is 1. The van der Waals surface area contributed by atoms with Crippen LogP contribution in [0.1, 0.15) is 12.8 Å². The van der Waals surface area contributed by atoms with Gasteiger partial charge in [0.1, 0.15) is 5.82 Å². The van der Waals surface area contributed by atoms with Gasteiger partial charge in [-0.3, -0.25) is 4.57 Å². The average molecular weight is 295 g/mol. The molecule has 22 heavy (non-hydrogen) atoms. The van der Waals surface area contributed by atoms with Gasteiger partial charge in [0.25, 0.3) is 0 Å². The van der Waals surface area contributed by atoms with Crippen LogP contribution in [-0.4, -0.2) is 32.2 Å². The SMILES string of the molecule is Cn1c(=O)n(-c2cnc(N3CCCC3)cn2)c2ccccc21. The Morgan fingerprint density at radius 1 is 0.955 bits per heavy atom. The Kier molecular flexibility index (Phi) is 2.96. The third-order valence-electron chi connectivity index (χ3n) is 4.25. The summed E-state index contributed by atoms with van der Waals surface area (Å²) < 4.78 is 3.24. The highest BCUT2D eigenvalue weighted by Crippen LogP contribution is 2.19. The molecule has 1 aromatic carbocycles. The summed E-state index contributed by atoms with van der Waals surface area (Å²) >= 11 is 0. The van der Waals surface area contributed by atoms with Gasteiger partial charge < -0.3 is 4.90 Å². The van der Waals surface area contributed by atoms with Crippen molar-refractivity contribution in [3.63, 3.8) is 0 Å². The van der Waals surface area contributed by atoms with Crippen LogP contribution >= 0.6 is 0 Å². The molecule has 1 aliphatic rings. The average Bonchev–Trinajstić information content (AvgIpc) is 3.17. The van der Waals surface area contributed by atoms with E-state index in [1.165, 1.54) is 12.8 Å². The second-order valence-corrected chi connectivity index (χ2v) is 5.59. The van der Waals surface area contributed by atoms with Crippen LogP contribution < -0.4 is 10.6 Å². The minimum Gasteiger partial charge on any atom is -0.355 e. The third kappa shape index (κ3) is 1.91. The normalized spacial score (nSPS) is 14.9. The van der Waals surface area contributed by atoms with E-state index in [9.17, 15) is 4.79 Å². The minimum absolute atomic E-state index is 0.107. The zero-order chi connectivity index (χ0) is 15.1. The van der Waals surface area contributed by atoms with E-state index in [1.807, 2.05) is 24.3 Å². The fraction of sp³-hybridized carbons (Fsp3) is 0.312. The van der Waals surface area contributed by atoms with Crippen molar-refractivity contribution >= 4 is 16.9 Å². The summed E-state index contributed by atoms with van der Waals surface area (Å²) in [5, 5.41) is 0. The molecule has 2 aromatic heterocycles. The van der Waals surface area contributed by atoms with E-state index < -0.39 is 0 Å². The standard InChI is InChI=1S/C16H17N5O/c1-19-12-6-2-3-7-13(12)21(16(19)22)15-11-17-14(10-18-15)20-8-4-5-9-20/h2-3,6-7,10-11H,4-5,8-9H2,1H3. The first-order valence-electron chi connectivity index (χ1n) is 7.49. The monoisotopic (exact) mass is 295 g/mol. The van der Waals surface area contributed by atoms with Crippen molar-refractivity contribution < 1.29 is 0 Å². The molecule has 0 atom stereocenters. The molecule has 0 unspecified atom stereocenters. The number of benzene rings is 1. The van der Waals surface area contributed by atoms with Gasteiger partial charge >= 0.3 is 5.69 Å². The van der Waals surface area contributed by atoms with Crippen molar-refractivity contribution in [3.05, 3.63) is 47.1 Å². The van der Waals surface area contributed by atoms with Crippen LogP contribution in [0.3, 0.4) is 0 Å². The Morgan fingerprint density at radius 3 is 2.27 bits per heavy atom. The first kappa shape index (κ1) is 13.1. The summed E-state index contributed by atoms with van der Waals surface area (Å²) in [5.74, 6) is 1.44. The van der Waals surface area contributed by atoms with E-state index in [0.717, 1.165) is 29.9 Å². The van der Waals surface area contributed by atoms with Crippen LogP contribution in [0.25, 0.3) is 16.9 Å². The summed E-state index contributed by atoms with van der Waals surface area (Å²) in [7, 11) is 1.77. The number of fused-ring (bicyclic) bond motifs is 1. The van der Waals surface area contributed by atoms with Gasteiger partial charge in [-0.15, -0.1) is 0 Å². The smallest absolute Gasteiger partial charge is 0.334 e. The number of aryl methyl sites for hydroxylation is 1. The predicted molar refractivity (Wildman–Crippen MR) is 85.6 cm³/mol. The zero-order valence-electron chi connectivity index (χ0n) is 12.4. The Balaban J connectivity index is 1.82. The van der Waals surface area contributed by atoms with Crippen LogP contribution in [0.15, 0.2) is 41.5 Å². The first-order valence-corrected chi connectivity index (χ1v) is 7.49. The maximum absolute atomic E-state index is 12.5. The third-order valence-corrected chi connectivity index (χ3v) is 4.25. The molecule has 0 bridgehead atoms. The Bertz CT molecular complexity index is 872. The van der Waals surface area contributed by atoms with Crippen molar-refractivity contribution in [2.75, 3.05) is 18.0 Å². The zero-order valence-corrected chi connectivity index (χ0v) is 12.4. The summed E-state index contributed by atoms with van der Waals surface area (Å²) in [6.07, 6.45) is 5.84. The molecule has 1 saturated heterocycles. The van der Waals surface area contributed by atoms with E-state index >= 15 is 0 Å². The molecule has 0 N–H and O–H groups in total. The number of hydrogen-bond acceptors (Lipinski definition) is 4. The van der Waals surface area contributed by atoms with Crippen LogP contribution in [0, 0.1) is 0 Å². The van der Waals surface area contributed by atoms with Gasteiger partial charge in [-0.2, -0.15) is 0 Å². The molecule has 4 rings (SSSR count). The molecule has 0 saturated carbocycles. The molecule has 3 aromatic rings. The van der Waals surface area contributed by atoms with Crippen molar-refractivity contribution in [2.24, 2.45) is 7.05 Å². The number of aromatic nitrogens is 4. The largest absolute Gasteiger partial charge is 0.355 e. The summed E-state index contributed by atoms with van der Waals surface area (Å²) in [6, 6.07) is 7.70. The fourth-order valence-electron chi connectivity index (χ4n) is 3.05. The Morgan fingerprint density at radius 2 is 1.59 bits per heavy atom. The Labute approximate surface area is 127 Å². The van der Waals surface area contributed by atoms with E-state index in [-0.39, 0.29) is 5.69 Å². The highest BCUT2D eigenvalue weighted by atomic mass is 16.1. The van der Waals surface area contributed by atoms with Gasteiger partial charge in [0.15, 0.2) is 5.82 Å². The molecule has 1 fully saturated rings. The number of imidazole rings is 1. The van der Waals surface area contributed by atoms with Crippen molar-refractivity contribution in [1.82, 2.24) is 19.1 Å². The van der Waals surface area contributed by atoms with Gasteiger partial charge in [0.05, 0.1) is 23.4 Å². The number of rotatable bonds is 2. The molecule has 6 nitrogen and oxygen atoms in total. The topological polar surface area (TPSA) is 56.0 Å². The lowest BCUT2D eigenvalue weighted by molar-refractivity contribution is 0.827. The molecule has 0 spiro atoms. The number of nitrogens with zero attached hydrogens (tertiary/aromatic N) is 5. The van der Waals surface area contributed by atoms with Gasteiger partial charge in [0, 0.05) is 20.1 Å². The minimum atomic E-state index is -0.107. The molecule has 1 aliphatic heterocycles. The predicted octanol–water partition coefficient (Wildman–Crippen LogP) is 1.72. The number of hydrogen-bond donors (Lipinski definition) is 0. The summed E-state index contributed by atoms with van der Waals surface area (Å²) in [4.78, 5) is 23.7. The lowest BCUT2D eigenvalue weighted by atomic mass is 10.3. The molecular weight excluding hydrogens is 278 g/mol. The number of para-hydroxylation sites is 2. The van der Waals surface area contributed by atoms with E-state index in [0.29, 0.717) is 5.82 Å². The van der Waals surface area contributed by atoms with Gasteiger partial charge in [-0.25, -0.2) is 19.3 Å². The molecule has 0 amide bonds.